The second-order valence-corrected chi connectivity index (χ2v) is 16.2. The van der Waals surface area contributed by atoms with E-state index >= 15 is 4.39 Å². The summed E-state index contributed by atoms with van der Waals surface area (Å²) < 4.78 is 44.5. The van der Waals surface area contributed by atoms with E-state index in [1.165, 1.54) is 24.3 Å². The van der Waals surface area contributed by atoms with Crippen molar-refractivity contribution in [3.8, 4) is 0 Å². The van der Waals surface area contributed by atoms with Crippen LogP contribution >= 0.6 is 57.7 Å². The third-order valence-electron chi connectivity index (χ3n) is 7.66. The van der Waals surface area contributed by atoms with Crippen molar-refractivity contribution in [1.82, 2.24) is 9.29 Å². The Kier molecular flexibility index (Phi) is 8.80. The Labute approximate surface area is 268 Å². The molecule has 42 heavy (non-hydrogen) atoms. The van der Waals surface area contributed by atoms with Crippen LogP contribution < -0.4 is 4.72 Å². The summed E-state index contributed by atoms with van der Waals surface area (Å²) in [7, 11) is -4.20. The van der Waals surface area contributed by atoms with Crippen molar-refractivity contribution >= 4 is 90.6 Å². The molecule has 4 aromatic rings. The molecule has 222 valence electrons. The van der Waals surface area contributed by atoms with Crippen LogP contribution in [0.15, 0.2) is 46.7 Å². The summed E-state index contributed by atoms with van der Waals surface area (Å²) in [4.78, 5) is 12.7. The topological polar surface area (TPSA) is 68.2 Å². The standard InChI is InChI=1S/C30H27Cl4FN2O3S2/c1-30(2,3)18-6-8-25-21(11-18)22-13-20(35)10-16(28(22)37(25)15-17-4-7-19(31)12-23(17)32)5-9-26(38)36-42(39,40)27-14-24(33)29(34)41-27/h4-5,7,9-10,12-14,18H,6,8,11,15H2,1-3H3,(H,36,38)/b9-5+. The number of rotatable bonds is 6. The number of aromatic nitrogens is 1. The minimum Gasteiger partial charge on any atom is -0.339 e. The smallest absolute Gasteiger partial charge is 0.273 e. The Morgan fingerprint density at radius 2 is 1.86 bits per heavy atom. The van der Waals surface area contributed by atoms with Crippen LogP contribution in [0.5, 0.6) is 0 Å². The van der Waals surface area contributed by atoms with Crippen LogP contribution in [-0.2, 0) is 34.2 Å². The fourth-order valence-corrected chi connectivity index (χ4v) is 8.77. The predicted octanol–water partition coefficient (Wildman–Crippen LogP) is 9.17. The van der Waals surface area contributed by atoms with E-state index in [1.807, 2.05) is 10.8 Å². The lowest BCUT2D eigenvalue weighted by Crippen LogP contribution is -2.28. The third-order valence-corrected chi connectivity index (χ3v) is 11.9. The highest BCUT2D eigenvalue weighted by Crippen LogP contribution is 2.43. The van der Waals surface area contributed by atoms with Gasteiger partial charge >= 0.3 is 0 Å². The van der Waals surface area contributed by atoms with E-state index in [0.29, 0.717) is 28.1 Å². The van der Waals surface area contributed by atoms with Gasteiger partial charge in [0, 0.05) is 39.3 Å². The number of fused-ring (bicyclic) bond motifs is 3. The molecule has 0 aliphatic heterocycles. The fourth-order valence-electron chi connectivity index (χ4n) is 5.48. The monoisotopic (exact) mass is 686 g/mol. The van der Waals surface area contributed by atoms with E-state index in [2.05, 4.69) is 25.3 Å². The zero-order chi connectivity index (χ0) is 30.6. The highest BCUT2D eigenvalue weighted by atomic mass is 35.5. The van der Waals surface area contributed by atoms with Crippen molar-refractivity contribution in [1.29, 1.82) is 0 Å². The molecule has 1 aliphatic carbocycles. The van der Waals surface area contributed by atoms with Gasteiger partial charge < -0.3 is 4.57 Å². The van der Waals surface area contributed by atoms with Gasteiger partial charge in [-0.15, -0.1) is 11.3 Å². The van der Waals surface area contributed by atoms with Gasteiger partial charge in [0.05, 0.1) is 10.5 Å². The maximum Gasteiger partial charge on any atom is 0.273 e. The van der Waals surface area contributed by atoms with Crippen LogP contribution in [0.2, 0.25) is 19.4 Å². The van der Waals surface area contributed by atoms with Crippen molar-refractivity contribution in [2.24, 2.45) is 11.3 Å². The average molecular weight is 689 g/mol. The first kappa shape index (κ1) is 31.4. The van der Waals surface area contributed by atoms with Crippen molar-refractivity contribution < 1.29 is 17.6 Å². The SMILES string of the molecule is CC(C)(C)C1CCc2c(c3cc(F)cc(/C=C/C(=O)NS(=O)(=O)c4cc(Cl)c(Cl)s4)c3n2Cc2ccc(Cl)cc2Cl)C1. The van der Waals surface area contributed by atoms with Crippen molar-refractivity contribution in [2.45, 2.75) is 50.8 Å². The molecule has 0 bridgehead atoms. The first-order chi connectivity index (χ1) is 19.6. The molecule has 12 heteroatoms. The van der Waals surface area contributed by atoms with Gasteiger partial charge in [0.25, 0.3) is 15.9 Å². The lowest BCUT2D eigenvalue weighted by atomic mass is 9.71. The number of nitrogens with one attached hydrogen (secondary N) is 1. The Bertz CT molecular complexity index is 1840. The number of hydrogen-bond donors (Lipinski definition) is 1. The summed E-state index contributed by atoms with van der Waals surface area (Å²) in [6.07, 6.45) is 5.07. The Morgan fingerprint density at radius 3 is 2.50 bits per heavy atom. The molecule has 5 rings (SSSR count). The molecule has 1 amide bonds. The normalized spacial score (nSPS) is 15.9. The molecule has 5 nitrogen and oxygen atoms in total. The van der Waals surface area contributed by atoms with Crippen molar-refractivity contribution in [3.63, 3.8) is 0 Å². The Morgan fingerprint density at radius 1 is 1.12 bits per heavy atom. The van der Waals surface area contributed by atoms with Crippen LogP contribution in [0.3, 0.4) is 0 Å². The summed E-state index contributed by atoms with van der Waals surface area (Å²) in [5.41, 5.74) is 4.26. The lowest BCUT2D eigenvalue weighted by Gasteiger charge is -2.34. The van der Waals surface area contributed by atoms with Crippen molar-refractivity contribution in [3.05, 3.63) is 90.1 Å². The van der Waals surface area contributed by atoms with E-state index in [4.69, 9.17) is 46.4 Å². The number of thiophene rings is 1. The molecule has 1 atom stereocenters. The summed E-state index contributed by atoms with van der Waals surface area (Å²) in [5.74, 6) is -0.953. The lowest BCUT2D eigenvalue weighted by molar-refractivity contribution is -0.114. The largest absolute Gasteiger partial charge is 0.339 e. The van der Waals surface area contributed by atoms with E-state index in [1.54, 1.807) is 12.1 Å². The van der Waals surface area contributed by atoms with Gasteiger partial charge in [-0.25, -0.2) is 17.5 Å². The molecule has 0 radical (unpaired) electrons. The number of sulfonamides is 1. The van der Waals surface area contributed by atoms with Crippen LogP contribution in [0.1, 0.15) is 49.6 Å². The molecule has 0 spiro atoms. The molecule has 1 aliphatic rings. The number of nitrogens with zero attached hydrogens (tertiary/aromatic N) is 1. The molecular formula is C30H27Cl4FN2O3S2. The summed E-state index contributed by atoms with van der Waals surface area (Å²) >= 11 is 25.2. The molecule has 0 saturated carbocycles. The first-order valence-corrected chi connectivity index (χ1v) is 16.9. The van der Waals surface area contributed by atoms with Gasteiger partial charge in [0.15, 0.2) is 0 Å². The molecule has 0 fully saturated rings. The minimum absolute atomic E-state index is 0.0717. The highest BCUT2D eigenvalue weighted by molar-refractivity contribution is 7.92. The second kappa shape index (κ2) is 11.8. The summed E-state index contributed by atoms with van der Waals surface area (Å²) in [6, 6.07) is 9.37. The maximum absolute atomic E-state index is 15.1. The van der Waals surface area contributed by atoms with Gasteiger partial charge in [-0.1, -0.05) is 73.2 Å². The minimum atomic E-state index is -4.20. The van der Waals surface area contributed by atoms with E-state index < -0.39 is 21.7 Å². The quantitative estimate of drug-likeness (QED) is 0.206. The second-order valence-electron chi connectivity index (χ2n) is 11.4. The number of halogens is 5. The highest BCUT2D eigenvalue weighted by Gasteiger charge is 2.33. The molecule has 0 saturated heterocycles. The molecule has 2 heterocycles. The molecule has 2 aromatic heterocycles. The average Bonchev–Trinajstić information content (AvgIpc) is 3.40. The predicted molar refractivity (Wildman–Crippen MR) is 171 cm³/mol. The fraction of sp³-hybridized carbons (Fsp3) is 0.300. The molecule has 2 aromatic carbocycles. The zero-order valence-corrected chi connectivity index (χ0v) is 27.6. The number of amides is 1. The Hall–Kier alpha value is -2.07. The van der Waals surface area contributed by atoms with Gasteiger partial charge in [0.2, 0.25) is 0 Å². The third kappa shape index (κ3) is 6.40. The molecular weight excluding hydrogens is 661 g/mol. The molecule has 1 N–H and O–H groups in total. The van der Waals surface area contributed by atoms with E-state index in [-0.39, 0.29) is 19.0 Å². The van der Waals surface area contributed by atoms with Crippen LogP contribution in [0.25, 0.3) is 17.0 Å². The number of benzene rings is 2. The van der Waals surface area contributed by atoms with E-state index in [0.717, 1.165) is 64.4 Å². The first-order valence-electron chi connectivity index (χ1n) is 13.1. The summed E-state index contributed by atoms with van der Waals surface area (Å²) in [5, 5.41) is 1.87. The maximum atomic E-state index is 15.1. The van der Waals surface area contributed by atoms with Gasteiger partial charge in [-0.2, -0.15) is 0 Å². The van der Waals surface area contributed by atoms with E-state index in [9.17, 15) is 13.2 Å². The molecule has 1 unspecified atom stereocenters. The van der Waals surface area contributed by atoms with Gasteiger partial charge in [0.1, 0.15) is 14.4 Å². The number of hydrogen-bond acceptors (Lipinski definition) is 4. The van der Waals surface area contributed by atoms with Crippen LogP contribution in [0.4, 0.5) is 4.39 Å². The zero-order valence-electron chi connectivity index (χ0n) is 22.9. The Balaban J connectivity index is 1.59. The van der Waals surface area contributed by atoms with Crippen LogP contribution in [-0.4, -0.2) is 18.9 Å². The summed E-state index contributed by atoms with van der Waals surface area (Å²) in [6.45, 7) is 7.06. The van der Waals surface area contributed by atoms with Crippen molar-refractivity contribution in [2.75, 3.05) is 0 Å². The van der Waals surface area contributed by atoms with Gasteiger partial charge in [-0.3, -0.25) is 4.79 Å². The number of carbonyl (C=O) groups is 1. The number of carbonyl (C=O) groups excluding carboxylic acids is 1. The van der Waals surface area contributed by atoms with Gasteiger partial charge in [-0.05, 0) is 78.1 Å². The van der Waals surface area contributed by atoms with Crippen LogP contribution in [0, 0.1) is 17.2 Å².